The maximum Gasteiger partial charge on any atom is 0.416 e. The van der Waals surface area contributed by atoms with Crippen LogP contribution in [0.3, 0.4) is 0 Å². The summed E-state index contributed by atoms with van der Waals surface area (Å²) in [7, 11) is 0. The molecule has 2 atom stereocenters. The number of nitrogens with two attached hydrogens (primary N) is 1. The van der Waals surface area contributed by atoms with E-state index in [-0.39, 0.29) is 17.4 Å². The predicted molar refractivity (Wildman–Crippen MR) is 80.7 cm³/mol. The van der Waals surface area contributed by atoms with E-state index in [4.69, 9.17) is 17.3 Å². The molecule has 2 rings (SSSR count). The van der Waals surface area contributed by atoms with Gasteiger partial charge >= 0.3 is 6.18 Å². The van der Waals surface area contributed by atoms with Crippen molar-refractivity contribution in [2.24, 2.45) is 11.7 Å². The molecule has 1 heterocycles. The van der Waals surface area contributed by atoms with Crippen LogP contribution in [0.1, 0.15) is 24.5 Å². The van der Waals surface area contributed by atoms with Crippen molar-refractivity contribution in [2.45, 2.75) is 32.1 Å². The van der Waals surface area contributed by atoms with Gasteiger partial charge in [-0.2, -0.15) is 13.2 Å². The van der Waals surface area contributed by atoms with E-state index in [9.17, 15) is 13.2 Å². The van der Waals surface area contributed by atoms with E-state index < -0.39 is 11.7 Å². The highest BCUT2D eigenvalue weighted by molar-refractivity contribution is 6.30. The standard InChI is InChI=1S/C14H18ClF3N2.ClH/c1-9-2-11(6-19)8-20(9)7-10-3-12(14(16,17)18)5-13(15)4-10;/h3-5,9,11H,2,6-8,19H2,1H3;1H. The van der Waals surface area contributed by atoms with Crippen LogP contribution < -0.4 is 5.73 Å². The molecular weight excluding hydrogens is 324 g/mol. The summed E-state index contributed by atoms with van der Waals surface area (Å²) < 4.78 is 38.3. The molecule has 1 aromatic carbocycles. The molecule has 0 aromatic heterocycles. The third-order valence-electron chi connectivity index (χ3n) is 3.79. The topological polar surface area (TPSA) is 29.3 Å². The minimum absolute atomic E-state index is 0. The fraction of sp³-hybridized carbons (Fsp3) is 0.571. The Kier molecular flexibility index (Phi) is 6.35. The molecule has 1 aromatic rings. The molecule has 2 unspecified atom stereocenters. The van der Waals surface area contributed by atoms with Crippen LogP contribution in [0.25, 0.3) is 0 Å². The number of hydrogen-bond acceptors (Lipinski definition) is 2. The fourth-order valence-corrected chi connectivity index (χ4v) is 3.01. The maximum absolute atomic E-state index is 12.8. The van der Waals surface area contributed by atoms with Gasteiger partial charge in [0.1, 0.15) is 0 Å². The number of hydrogen-bond donors (Lipinski definition) is 1. The molecular formula is C14H19Cl2F3N2. The molecule has 0 spiro atoms. The van der Waals surface area contributed by atoms with Crippen LogP contribution in [0.5, 0.6) is 0 Å². The summed E-state index contributed by atoms with van der Waals surface area (Å²) in [6.45, 7) is 3.99. The number of nitrogens with zero attached hydrogens (tertiary/aromatic N) is 1. The average Bonchev–Trinajstić information content (AvgIpc) is 2.68. The van der Waals surface area contributed by atoms with E-state index in [0.717, 1.165) is 19.0 Å². The summed E-state index contributed by atoms with van der Waals surface area (Å²) in [5.41, 5.74) is 5.56. The van der Waals surface area contributed by atoms with Crippen molar-refractivity contribution in [1.82, 2.24) is 4.90 Å². The number of rotatable bonds is 3. The van der Waals surface area contributed by atoms with Gasteiger partial charge in [0.25, 0.3) is 0 Å². The Morgan fingerprint density at radius 3 is 2.52 bits per heavy atom. The first-order valence-electron chi connectivity index (χ1n) is 6.60. The lowest BCUT2D eigenvalue weighted by molar-refractivity contribution is -0.137. The number of alkyl halides is 3. The third-order valence-corrected chi connectivity index (χ3v) is 4.01. The second-order valence-corrected chi connectivity index (χ2v) is 5.90. The molecule has 21 heavy (non-hydrogen) atoms. The van der Waals surface area contributed by atoms with Gasteiger partial charge in [0.15, 0.2) is 0 Å². The van der Waals surface area contributed by atoms with Gasteiger partial charge in [-0.1, -0.05) is 11.6 Å². The molecule has 1 aliphatic heterocycles. The molecule has 7 heteroatoms. The van der Waals surface area contributed by atoms with Crippen molar-refractivity contribution in [3.63, 3.8) is 0 Å². The number of likely N-dealkylation sites (tertiary alicyclic amines) is 1. The van der Waals surface area contributed by atoms with Gasteiger partial charge in [-0.3, -0.25) is 4.90 Å². The highest BCUT2D eigenvalue weighted by Crippen LogP contribution is 2.33. The summed E-state index contributed by atoms with van der Waals surface area (Å²) >= 11 is 5.80. The normalized spacial score (nSPS) is 23.1. The summed E-state index contributed by atoms with van der Waals surface area (Å²) in [6.07, 6.45) is -3.38. The molecule has 120 valence electrons. The van der Waals surface area contributed by atoms with Crippen LogP contribution in [-0.4, -0.2) is 24.0 Å². The van der Waals surface area contributed by atoms with Crippen LogP contribution in [0.2, 0.25) is 5.02 Å². The smallest absolute Gasteiger partial charge is 0.330 e. The molecule has 0 bridgehead atoms. The fourth-order valence-electron chi connectivity index (χ4n) is 2.75. The van der Waals surface area contributed by atoms with E-state index in [1.54, 1.807) is 6.07 Å². The lowest BCUT2D eigenvalue weighted by Crippen LogP contribution is -2.27. The van der Waals surface area contributed by atoms with Crippen LogP contribution in [0, 0.1) is 5.92 Å². The molecule has 0 aliphatic carbocycles. The van der Waals surface area contributed by atoms with Gasteiger partial charge < -0.3 is 5.73 Å². The number of halogens is 5. The van der Waals surface area contributed by atoms with Gasteiger partial charge in [-0.15, -0.1) is 12.4 Å². The van der Waals surface area contributed by atoms with Gasteiger partial charge in [0.05, 0.1) is 5.56 Å². The van der Waals surface area contributed by atoms with E-state index in [1.807, 2.05) is 0 Å². The first-order valence-corrected chi connectivity index (χ1v) is 6.98. The Balaban J connectivity index is 0.00000220. The Hall–Kier alpha value is -0.490. The van der Waals surface area contributed by atoms with Crippen LogP contribution in [-0.2, 0) is 12.7 Å². The van der Waals surface area contributed by atoms with Gasteiger partial charge in [-0.05, 0) is 49.6 Å². The van der Waals surface area contributed by atoms with E-state index in [0.29, 0.717) is 30.6 Å². The molecule has 1 fully saturated rings. The Labute approximate surface area is 133 Å². The predicted octanol–water partition coefficient (Wildman–Crippen LogP) is 3.95. The van der Waals surface area contributed by atoms with Gasteiger partial charge in [0.2, 0.25) is 0 Å². The molecule has 2 nitrogen and oxygen atoms in total. The third kappa shape index (κ3) is 4.74. The van der Waals surface area contributed by atoms with Crippen molar-refractivity contribution in [1.29, 1.82) is 0 Å². The molecule has 0 radical (unpaired) electrons. The van der Waals surface area contributed by atoms with Gasteiger partial charge in [-0.25, -0.2) is 0 Å². The monoisotopic (exact) mass is 342 g/mol. The van der Waals surface area contributed by atoms with E-state index >= 15 is 0 Å². The molecule has 2 N–H and O–H groups in total. The highest BCUT2D eigenvalue weighted by atomic mass is 35.5. The molecule has 1 saturated heterocycles. The summed E-state index contributed by atoms with van der Waals surface area (Å²) in [6, 6.07) is 4.06. The molecule has 0 saturated carbocycles. The van der Waals surface area contributed by atoms with Crippen LogP contribution in [0.4, 0.5) is 13.2 Å². The quantitative estimate of drug-likeness (QED) is 0.901. The second-order valence-electron chi connectivity index (χ2n) is 5.46. The molecule has 1 aliphatic rings. The zero-order chi connectivity index (χ0) is 14.9. The lowest BCUT2D eigenvalue weighted by atomic mass is 10.1. The van der Waals surface area contributed by atoms with Crippen molar-refractivity contribution in [3.05, 3.63) is 34.3 Å². The largest absolute Gasteiger partial charge is 0.416 e. The minimum Gasteiger partial charge on any atom is -0.330 e. The van der Waals surface area contributed by atoms with E-state index in [1.165, 1.54) is 6.07 Å². The Morgan fingerprint density at radius 1 is 1.33 bits per heavy atom. The van der Waals surface area contributed by atoms with Crippen molar-refractivity contribution >= 4 is 24.0 Å². The zero-order valence-electron chi connectivity index (χ0n) is 11.7. The van der Waals surface area contributed by atoms with Crippen molar-refractivity contribution in [3.8, 4) is 0 Å². The van der Waals surface area contributed by atoms with Crippen LogP contribution >= 0.6 is 24.0 Å². The first kappa shape index (κ1) is 18.6. The van der Waals surface area contributed by atoms with E-state index in [2.05, 4.69) is 11.8 Å². The zero-order valence-corrected chi connectivity index (χ0v) is 13.2. The Morgan fingerprint density at radius 2 is 2.00 bits per heavy atom. The van der Waals surface area contributed by atoms with Crippen LogP contribution in [0.15, 0.2) is 18.2 Å². The SMILES string of the molecule is CC1CC(CN)CN1Cc1cc(Cl)cc(C(F)(F)F)c1.Cl. The Bertz CT molecular complexity index is 480. The summed E-state index contributed by atoms with van der Waals surface area (Å²) in [5.74, 6) is 0.422. The van der Waals surface area contributed by atoms with Crippen molar-refractivity contribution < 1.29 is 13.2 Å². The summed E-state index contributed by atoms with van der Waals surface area (Å²) in [4.78, 5) is 2.16. The number of benzene rings is 1. The maximum atomic E-state index is 12.8. The minimum atomic E-state index is -4.37. The van der Waals surface area contributed by atoms with Crippen molar-refractivity contribution in [2.75, 3.05) is 13.1 Å². The first-order chi connectivity index (χ1) is 9.29. The van der Waals surface area contributed by atoms with Gasteiger partial charge in [0, 0.05) is 24.2 Å². The average molecular weight is 343 g/mol. The summed E-state index contributed by atoms with van der Waals surface area (Å²) in [5, 5.41) is 0.122. The highest BCUT2D eigenvalue weighted by Gasteiger charge is 2.32. The molecule has 0 amide bonds. The lowest BCUT2D eigenvalue weighted by Gasteiger charge is -2.21. The second kappa shape index (κ2) is 7.18.